The highest BCUT2D eigenvalue weighted by molar-refractivity contribution is 7.89. The SMILES string of the molecule is O=C(c1cc(O)c(O)c(O)c1)N1CCN(S(=O)(=O)c2ccc(F)cc2)CC1. The molecule has 1 aliphatic heterocycles. The normalized spacial score (nSPS) is 15.7. The van der Waals surface area contributed by atoms with E-state index in [1.807, 2.05) is 0 Å². The molecule has 27 heavy (non-hydrogen) atoms. The summed E-state index contributed by atoms with van der Waals surface area (Å²) in [5.41, 5.74) is -0.0300. The van der Waals surface area contributed by atoms with Gasteiger partial charge in [-0.3, -0.25) is 4.79 Å². The minimum atomic E-state index is -3.80. The zero-order valence-electron chi connectivity index (χ0n) is 14.0. The first-order valence-electron chi connectivity index (χ1n) is 8.00. The average molecular weight is 396 g/mol. The highest BCUT2D eigenvalue weighted by atomic mass is 32.2. The van der Waals surface area contributed by atoms with Crippen molar-refractivity contribution < 1.29 is 32.9 Å². The molecule has 0 saturated carbocycles. The number of phenols is 3. The van der Waals surface area contributed by atoms with E-state index in [2.05, 4.69) is 0 Å². The maximum absolute atomic E-state index is 13.0. The number of aromatic hydroxyl groups is 3. The van der Waals surface area contributed by atoms with Gasteiger partial charge in [0.05, 0.1) is 4.90 Å². The Balaban J connectivity index is 1.71. The molecule has 0 aromatic heterocycles. The first kappa shape index (κ1) is 18.9. The van der Waals surface area contributed by atoms with Crippen LogP contribution in [0, 0.1) is 5.82 Å². The second-order valence-electron chi connectivity index (χ2n) is 6.01. The second kappa shape index (κ2) is 7.05. The lowest BCUT2D eigenvalue weighted by molar-refractivity contribution is 0.0697. The highest BCUT2D eigenvalue weighted by Gasteiger charge is 2.31. The molecule has 1 aliphatic rings. The van der Waals surface area contributed by atoms with Crippen molar-refractivity contribution in [1.29, 1.82) is 0 Å². The van der Waals surface area contributed by atoms with Gasteiger partial charge in [-0.05, 0) is 36.4 Å². The Bertz CT molecular complexity index is 946. The van der Waals surface area contributed by atoms with Crippen molar-refractivity contribution in [2.24, 2.45) is 0 Å². The topological polar surface area (TPSA) is 118 Å². The van der Waals surface area contributed by atoms with Crippen LogP contribution in [-0.4, -0.2) is 65.0 Å². The summed E-state index contributed by atoms with van der Waals surface area (Å²) in [5, 5.41) is 28.4. The van der Waals surface area contributed by atoms with Gasteiger partial charge in [0, 0.05) is 31.7 Å². The van der Waals surface area contributed by atoms with Gasteiger partial charge in [-0.25, -0.2) is 12.8 Å². The molecule has 144 valence electrons. The van der Waals surface area contributed by atoms with E-state index in [-0.39, 0.29) is 36.6 Å². The second-order valence-corrected chi connectivity index (χ2v) is 7.95. The summed E-state index contributed by atoms with van der Waals surface area (Å²) < 4.78 is 39.4. The average Bonchev–Trinajstić information content (AvgIpc) is 2.65. The number of benzene rings is 2. The fourth-order valence-corrected chi connectivity index (χ4v) is 4.22. The Morgan fingerprint density at radius 2 is 1.44 bits per heavy atom. The van der Waals surface area contributed by atoms with E-state index < -0.39 is 39.0 Å². The monoisotopic (exact) mass is 396 g/mol. The maximum atomic E-state index is 13.0. The van der Waals surface area contributed by atoms with Crippen LogP contribution in [0.1, 0.15) is 10.4 Å². The Morgan fingerprint density at radius 1 is 0.926 bits per heavy atom. The summed E-state index contributed by atoms with van der Waals surface area (Å²) in [6.07, 6.45) is 0. The molecule has 1 saturated heterocycles. The van der Waals surface area contributed by atoms with Crippen molar-refractivity contribution in [2.75, 3.05) is 26.2 Å². The minimum absolute atomic E-state index is 0.0300. The van der Waals surface area contributed by atoms with E-state index in [0.717, 1.165) is 24.3 Å². The van der Waals surface area contributed by atoms with Gasteiger partial charge in [-0.15, -0.1) is 0 Å². The minimum Gasteiger partial charge on any atom is -0.504 e. The molecule has 1 heterocycles. The number of amides is 1. The van der Waals surface area contributed by atoms with Gasteiger partial charge in [-0.1, -0.05) is 0 Å². The summed E-state index contributed by atoms with van der Waals surface area (Å²) in [6.45, 7) is 0.284. The van der Waals surface area contributed by atoms with Crippen LogP contribution in [0.4, 0.5) is 4.39 Å². The van der Waals surface area contributed by atoms with Crippen LogP contribution in [-0.2, 0) is 10.0 Å². The van der Waals surface area contributed by atoms with Crippen molar-refractivity contribution in [3.8, 4) is 17.2 Å². The quantitative estimate of drug-likeness (QED) is 0.669. The molecule has 0 bridgehead atoms. The van der Waals surface area contributed by atoms with E-state index >= 15 is 0 Å². The van der Waals surface area contributed by atoms with E-state index in [4.69, 9.17) is 0 Å². The Kier molecular flexibility index (Phi) is 4.94. The third-order valence-corrected chi connectivity index (χ3v) is 6.21. The van der Waals surface area contributed by atoms with Gasteiger partial charge >= 0.3 is 0 Å². The van der Waals surface area contributed by atoms with Gasteiger partial charge in [0.15, 0.2) is 17.2 Å². The Morgan fingerprint density at radius 3 is 1.96 bits per heavy atom. The maximum Gasteiger partial charge on any atom is 0.254 e. The van der Waals surface area contributed by atoms with Crippen molar-refractivity contribution in [1.82, 2.24) is 9.21 Å². The largest absolute Gasteiger partial charge is 0.504 e. The molecule has 1 fully saturated rings. The molecule has 0 spiro atoms. The van der Waals surface area contributed by atoms with Crippen LogP contribution in [0.2, 0.25) is 0 Å². The fourth-order valence-electron chi connectivity index (χ4n) is 2.80. The molecule has 0 unspecified atom stereocenters. The number of nitrogens with zero attached hydrogens (tertiary/aromatic N) is 2. The van der Waals surface area contributed by atoms with E-state index in [1.54, 1.807) is 0 Å². The predicted octanol–water partition coefficient (Wildman–Crippen LogP) is 1.09. The number of hydrogen-bond donors (Lipinski definition) is 3. The first-order valence-corrected chi connectivity index (χ1v) is 9.44. The molecule has 0 atom stereocenters. The number of sulfonamides is 1. The molecule has 2 aromatic rings. The van der Waals surface area contributed by atoms with E-state index in [1.165, 1.54) is 21.3 Å². The smallest absolute Gasteiger partial charge is 0.254 e. The van der Waals surface area contributed by atoms with Crippen molar-refractivity contribution >= 4 is 15.9 Å². The van der Waals surface area contributed by atoms with Gasteiger partial charge in [0.25, 0.3) is 5.91 Å². The fraction of sp³-hybridized carbons (Fsp3) is 0.235. The molecule has 8 nitrogen and oxygen atoms in total. The van der Waals surface area contributed by atoms with Gasteiger partial charge in [0.2, 0.25) is 10.0 Å². The number of phenolic OH excluding ortho intramolecular Hbond substituents is 3. The molecular weight excluding hydrogens is 379 g/mol. The van der Waals surface area contributed by atoms with E-state index in [0.29, 0.717) is 0 Å². The van der Waals surface area contributed by atoms with Crippen LogP contribution >= 0.6 is 0 Å². The third kappa shape index (κ3) is 3.67. The molecular formula is C17H17FN2O6S. The molecule has 3 rings (SSSR count). The van der Waals surface area contributed by atoms with Gasteiger partial charge in [0.1, 0.15) is 5.82 Å². The summed E-state index contributed by atoms with van der Waals surface area (Å²) >= 11 is 0. The lowest BCUT2D eigenvalue weighted by Crippen LogP contribution is -2.50. The van der Waals surface area contributed by atoms with Gasteiger partial charge in [-0.2, -0.15) is 4.31 Å². The van der Waals surface area contributed by atoms with Crippen molar-refractivity contribution in [3.05, 3.63) is 47.8 Å². The molecule has 2 aromatic carbocycles. The Hall–Kier alpha value is -2.85. The molecule has 1 amide bonds. The zero-order chi connectivity index (χ0) is 19.8. The molecule has 3 N–H and O–H groups in total. The number of halogens is 1. The van der Waals surface area contributed by atoms with Crippen LogP contribution in [0.15, 0.2) is 41.3 Å². The number of hydrogen-bond acceptors (Lipinski definition) is 6. The lowest BCUT2D eigenvalue weighted by Gasteiger charge is -2.34. The molecule has 0 radical (unpaired) electrons. The highest BCUT2D eigenvalue weighted by Crippen LogP contribution is 2.35. The predicted molar refractivity (Wildman–Crippen MR) is 92.5 cm³/mol. The van der Waals surface area contributed by atoms with Crippen molar-refractivity contribution in [3.63, 3.8) is 0 Å². The van der Waals surface area contributed by atoms with Crippen LogP contribution < -0.4 is 0 Å². The summed E-state index contributed by atoms with van der Waals surface area (Å²) in [4.78, 5) is 13.8. The third-order valence-electron chi connectivity index (χ3n) is 4.29. The lowest BCUT2D eigenvalue weighted by atomic mass is 10.1. The number of carbonyl (C=O) groups is 1. The molecule has 10 heteroatoms. The number of piperazine rings is 1. The Labute approximate surface area is 154 Å². The summed E-state index contributed by atoms with van der Waals surface area (Å²) in [5.74, 6) is -3.03. The summed E-state index contributed by atoms with van der Waals surface area (Å²) in [6, 6.07) is 6.55. The standard InChI is InChI=1S/C17H17FN2O6S/c18-12-1-3-13(4-2-12)27(25,26)20-7-5-19(6-8-20)17(24)11-9-14(21)16(23)15(22)10-11/h1-4,9-10,21-23H,5-8H2. The van der Waals surface area contributed by atoms with Crippen LogP contribution in [0.25, 0.3) is 0 Å². The van der Waals surface area contributed by atoms with Crippen LogP contribution in [0.5, 0.6) is 17.2 Å². The van der Waals surface area contributed by atoms with Crippen molar-refractivity contribution in [2.45, 2.75) is 4.90 Å². The molecule has 0 aliphatic carbocycles. The first-order chi connectivity index (χ1) is 12.7. The van der Waals surface area contributed by atoms with Gasteiger partial charge < -0.3 is 20.2 Å². The number of rotatable bonds is 3. The van der Waals surface area contributed by atoms with Crippen LogP contribution in [0.3, 0.4) is 0 Å². The summed E-state index contributed by atoms with van der Waals surface area (Å²) in [7, 11) is -3.80. The zero-order valence-corrected chi connectivity index (χ0v) is 14.9. The number of carbonyl (C=O) groups excluding carboxylic acids is 1. The van der Waals surface area contributed by atoms with E-state index in [9.17, 15) is 32.9 Å².